The summed E-state index contributed by atoms with van der Waals surface area (Å²) in [6, 6.07) is 0.453. The molecule has 0 saturated carbocycles. The first-order chi connectivity index (χ1) is 7.26. The largest absolute Gasteiger partial charge is 0.381 e. The molecule has 2 heterocycles. The van der Waals surface area contributed by atoms with Gasteiger partial charge >= 0.3 is 0 Å². The summed E-state index contributed by atoms with van der Waals surface area (Å²) in [7, 11) is 0. The number of hydrogen-bond acceptors (Lipinski definition) is 4. The standard InChI is InChI=1S/C11H22N2OS/c1-11(5-2-8-15-11)10(13-12)9-3-6-14-7-4-9/h9-10,13H,2-8,12H2,1H3. The number of hydrazine groups is 1. The van der Waals surface area contributed by atoms with Crippen molar-refractivity contribution in [3.05, 3.63) is 0 Å². The molecule has 2 aliphatic heterocycles. The molecule has 3 N–H and O–H groups in total. The number of hydrogen-bond donors (Lipinski definition) is 2. The summed E-state index contributed by atoms with van der Waals surface area (Å²) in [4.78, 5) is 0. The molecular weight excluding hydrogens is 208 g/mol. The van der Waals surface area contributed by atoms with Gasteiger partial charge in [-0.2, -0.15) is 11.8 Å². The third-order valence-corrected chi connectivity index (χ3v) is 5.43. The fraction of sp³-hybridized carbons (Fsp3) is 1.00. The normalized spacial score (nSPS) is 35.6. The monoisotopic (exact) mass is 230 g/mol. The predicted octanol–water partition coefficient (Wildman–Crippen LogP) is 1.53. The molecule has 3 nitrogen and oxygen atoms in total. The minimum atomic E-state index is 0.344. The highest BCUT2D eigenvalue weighted by Crippen LogP contribution is 2.43. The van der Waals surface area contributed by atoms with Gasteiger partial charge in [-0.25, -0.2) is 0 Å². The quantitative estimate of drug-likeness (QED) is 0.570. The topological polar surface area (TPSA) is 47.3 Å². The molecule has 15 heavy (non-hydrogen) atoms. The molecule has 0 aromatic rings. The highest BCUT2D eigenvalue weighted by atomic mass is 32.2. The van der Waals surface area contributed by atoms with Crippen LogP contribution in [0.1, 0.15) is 32.6 Å². The average molecular weight is 230 g/mol. The molecule has 2 fully saturated rings. The first kappa shape index (κ1) is 11.7. The van der Waals surface area contributed by atoms with Crippen molar-refractivity contribution >= 4 is 11.8 Å². The van der Waals surface area contributed by atoms with Crippen molar-refractivity contribution < 1.29 is 4.74 Å². The molecule has 2 aliphatic rings. The Morgan fingerprint density at radius 3 is 2.73 bits per heavy atom. The van der Waals surface area contributed by atoms with Gasteiger partial charge in [0.2, 0.25) is 0 Å². The highest BCUT2D eigenvalue weighted by Gasteiger charge is 2.41. The van der Waals surface area contributed by atoms with Crippen LogP contribution in [0.3, 0.4) is 0 Å². The Morgan fingerprint density at radius 1 is 1.47 bits per heavy atom. The molecule has 0 spiro atoms. The molecule has 0 aliphatic carbocycles. The zero-order valence-electron chi connectivity index (χ0n) is 9.50. The van der Waals surface area contributed by atoms with E-state index in [1.54, 1.807) is 0 Å². The Bertz CT molecular complexity index is 201. The van der Waals surface area contributed by atoms with Crippen LogP contribution in [0.4, 0.5) is 0 Å². The molecule has 2 unspecified atom stereocenters. The fourth-order valence-electron chi connectivity index (χ4n) is 2.91. The van der Waals surface area contributed by atoms with E-state index < -0.39 is 0 Å². The molecule has 2 atom stereocenters. The summed E-state index contributed by atoms with van der Waals surface area (Å²) in [5.74, 6) is 7.75. The SMILES string of the molecule is CC1(C(NN)C2CCOCC2)CCCS1. The minimum Gasteiger partial charge on any atom is -0.381 e. The van der Waals surface area contributed by atoms with Crippen molar-refractivity contribution in [2.75, 3.05) is 19.0 Å². The Morgan fingerprint density at radius 2 is 2.20 bits per heavy atom. The van der Waals surface area contributed by atoms with Gasteiger partial charge in [0.15, 0.2) is 0 Å². The van der Waals surface area contributed by atoms with Gasteiger partial charge in [0.05, 0.1) is 0 Å². The Hall–Kier alpha value is 0.230. The predicted molar refractivity (Wildman–Crippen MR) is 64.8 cm³/mol. The summed E-state index contributed by atoms with van der Waals surface area (Å²) in [5, 5.41) is 0. The van der Waals surface area contributed by atoms with Crippen LogP contribution in [0.15, 0.2) is 0 Å². The Kier molecular flexibility index (Phi) is 3.93. The fourth-order valence-corrected chi connectivity index (χ4v) is 4.39. The molecule has 0 aromatic heterocycles. The zero-order chi connectivity index (χ0) is 10.7. The lowest BCUT2D eigenvalue weighted by molar-refractivity contribution is 0.0486. The molecule has 0 amide bonds. The van der Waals surface area contributed by atoms with E-state index >= 15 is 0 Å². The van der Waals surface area contributed by atoms with E-state index in [0.29, 0.717) is 16.7 Å². The lowest BCUT2D eigenvalue weighted by Gasteiger charge is -2.40. The third kappa shape index (κ3) is 2.49. The highest BCUT2D eigenvalue weighted by molar-refractivity contribution is 8.00. The van der Waals surface area contributed by atoms with Crippen molar-refractivity contribution in [2.24, 2.45) is 11.8 Å². The Balaban J connectivity index is 2.01. The number of ether oxygens (including phenoxy) is 1. The smallest absolute Gasteiger partial charge is 0.0469 e. The lowest BCUT2D eigenvalue weighted by atomic mass is 9.82. The molecule has 4 heteroatoms. The average Bonchev–Trinajstić information content (AvgIpc) is 2.68. The number of nitrogens with one attached hydrogen (secondary N) is 1. The van der Waals surface area contributed by atoms with Gasteiger partial charge in [-0.15, -0.1) is 0 Å². The van der Waals surface area contributed by atoms with Crippen LogP contribution < -0.4 is 11.3 Å². The van der Waals surface area contributed by atoms with Gasteiger partial charge in [-0.3, -0.25) is 11.3 Å². The molecule has 0 radical (unpaired) electrons. The van der Waals surface area contributed by atoms with Crippen molar-refractivity contribution in [2.45, 2.75) is 43.4 Å². The number of rotatable bonds is 3. The van der Waals surface area contributed by atoms with Crippen LogP contribution in [0.25, 0.3) is 0 Å². The van der Waals surface area contributed by atoms with Crippen LogP contribution in [0, 0.1) is 5.92 Å². The van der Waals surface area contributed by atoms with Gasteiger partial charge in [-0.05, 0) is 44.3 Å². The first-order valence-corrected chi connectivity index (χ1v) is 6.93. The second-order valence-corrected chi connectivity index (χ2v) is 6.49. The maximum atomic E-state index is 5.76. The second-order valence-electron chi connectivity index (χ2n) is 4.86. The summed E-state index contributed by atoms with van der Waals surface area (Å²) < 4.78 is 5.76. The Labute approximate surface area is 96.5 Å². The van der Waals surface area contributed by atoms with Crippen LogP contribution >= 0.6 is 11.8 Å². The number of nitrogens with two attached hydrogens (primary N) is 1. The third-order valence-electron chi connectivity index (χ3n) is 3.82. The number of thioether (sulfide) groups is 1. The van der Waals surface area contributed by atoms with Gasteiger partial charge < -0.3 is 4.74 Å². The van der Waals surface area contributed by atoms with E-state index in [0.717, 1.165) is 26.1 Å². The summed E-state index contributed by atoms with van der Waals surface area (Å²) in [5.41, 5.74) is 3.08. The first-order valence-electron chi connectivity index (χ1n) is 5.94. The van der Waals surface area contributed by atoms with Crippen LogP contribution in [-0.4, -0.2) is 29.8 Å². The summed E-state index contributed by atoms with van der Waals surface area (Å²) in [6.07, 6.45) is 4.95. The van der Waals surface area contributed by atoms with Gasteiger partial charge in [0.25, 0.3) is 0 Å². The molecule has 0 aromatic carbocycles. The lowest BCUT2D eigenvalue weighted by Crippen LogP contribution is -2.54. The molecule has 0 bridgehead atoms. The van der Waals surface area contributed by atoms with Crippen molar-refractivity contribution in [1.82, 2.24) is 5.43 Å². The van der Waals surface area contributed by atoms with E-state index in [9.17, 15) is 0 Å². The van der Waals surface area contributed by atoms with Gasteiger partial charge in [0, 0.05) is 24.0 Å². The zero-order valence-corrected chi connectivity index (χ0v) is 10.3. The summed E-state index contributed by atoms with van der Waals surface area (Å²) >= 11 is 2.09. The van der Waals surface area contributed by atoms with E-state index in [-0.39, 0.29) is 0 Å². The van der Waals surface area contributed by atoms with Crippen molar-refractivity contribution in [1.29, 1.82) is 0 Å². The minimum absolute atomic E-state index is 0.344. The molecular formula is C11H22N2OS. The molecule has 2 rings (SSSR count). The van der Waals surface area contributed by atoms with E-state index in [2.05, 4.69) is 24.1 Å². The van der Waals surface area contributed by atoms with Gasteiger partial charge in [0.1, 0.15) is 0 Å². The molecule has 88 valence electrons. The second kappa shape index (κ2) is 5.04. The van der Waals surface area contributed by atoms with Crippen molar-refractivity contribution in [3.63, 3.8) is 0 Å². The van der Waals surface area contributed by atoms with E-state index in [1.165, 1.54) is 18.6 Å². The maximum Gasteiger partial charge on any atom is 0.0469 e. The van der Waals surface area contributed by atoms with Crippen molar-refractivity contribution in [3.8, 4) is 0 Å². The van der Waals surface area contributed by atoms with Crippen LogP contribution in [-0.2, 0) is 4.74 Å². The maximum absolute atomic E-state index is 5.76. The van der Waals surface area contributed by atoms with Gasteiger partial charge in [-0.1, -0.05) is 0 Å². The van der Waals surface area contributed by atoms with Crippen LogP contribution in [0.5, 0.6) is 0 Å². The molecule has 2 saturated heterocycles. The van der Waals surface area contributed by atoms with Crippen LogP contribution in [0.2, 0.25) is 0 Å². The van der Waals surface area contributed by atoms with E-state index in [4.69, 9.17) is 10.6 Å². The summed E-state index contributed by atoms with van der Waals surface area (Å²) in [6.45, 7) is 4.18. The van der Waals surface area contributed by atoms with E-state index in [1.807, 2.05) is 0 Å².